The summed E-state index contributed by atoms with van der Waals surface area (Å²) >= 11 is 0. The first kappa shape index (κ1) is 27.7. The van der Waals surface area contributed by atoms with E-state index in [1.165, 1.54) is 25.0 Å². The van der Waals surface area contributed by atoms with Crippen molar-refractivity contribution >= 4 is 26.9 Å². The molecule has 2 heterocycles. The second kappa shape index (κ2) is 11.3. The monoisotopic (exact) mass is 564 g/mol. The van der Waals surface area contributed by atoms with Crippen LogP contribution in [0.4, 0.5) is 11.4 Å². The lowest BCUT2D eigenvalue weighted by molar-refractivity contribution is 0.341. The fourth-order valence-corrected chi connectivity index (χ4v) is 6.39. The van der Waals surface area contributed by atoms with E-state index in [0.29, 0.717) is 34.8 Å². The maximum Gasteiger partial charge on any atom is 0.277 e. The van der Waals surface area contributed by atoms with Gasteiger partial charge in [-0.1, -0.05) is 25.7 Å². The van der Waals surface area contributed by atoms with Crippen LogP contribution < -0.4 is 19.9 Å². The molecular formula is C29H36N6O4S. The fraction of sp³-hybridized carbons (Fsp3) is 0.414. The van der Waals surface area contributed by atoms with Crippen molar-refractivity contribution in [3.63, 3.8) is 0 Å². The number of aryl methyl sites for hydroxylation is 1. The van der Waals surface area contributed by atoms with Crippen molar-refractivity contribution < 1.29 is 13.2 Å². The first-order chi connectivity index (χ1) is 19.2. The van der Waals surface area contributed by atoms with Crippen LogP contribution >= 0.6 is 0 Å². The van der Waals surface area contributed by atoms with Crippen LogP contribution in [0.5, 0.6) is 5.75 Å². The molecule has 11 heteroatoms. The van der Waals surface area contributed by atoms with Gasteiger partial charge in [-0.2, -0.15) is 0 Å². The van der Waals surface area contributed by atoms with Crippen molar-refractivity contribution in [3.8, 4) is 17.1 Å². The number of ether oxygens (including phenoxy) is 1. The van der Waals surface area contributed by atoms with Crippen LogP contribution in [0.1, 0.15) is 62.9 Å². The summed E-state index contributed by atoms with van der Waals surface area (Å²) in [6.45, 7) is 4.03. The summed E-state index contributed by atoms with van der Waals surface area (Å²) in [6, 6.07) is 11.7. The predicted molar refractivity (Wildman–Crippen MR) is 157 cm³/mol. The Bertz CT molecular complexity index is 1670. The van der Waals surface area contributed by atoms with E-state index < -0.39 is 10.0 Å². The van der Waals surface area contributed by atoms with E-state index in [-0.39, 0.29) is 22.2 Å². The third-order valence-electron chi connectivity index (χ3n) is 7.37. The number of H-pyrrole nitrogens is 1. The zero-order valence-electron chi connectivity index (χ0n) is 23.4. The molecule has 0 spiro atoms. The lowest BCUT2D eigenvalue weighted by atomic mass is 10.00. The smallest absolute Gasteiger partial charge is 0.277 e. The summed E-state index contributed by atoms with van der Waals surface area (Å²) in [4.78, 5) is 22.9. The molecule has 1 aliphatic rings. The van der Waals surface area contributed by atoms with Gasteiger partial charge in [0.25, 0.3) is 15.6 Å². The molecular weight excluding hydrogens is 528 g/mol. The average molecular weight is 565 g/mol. The first-order valence-corrected chi connectivity index (χ1v) is 15.2. The molecule has 1 aliphatic carbocycles. The zero-order chi connectivity index (χ0) is 28.4. The van der Waals surface area contributed by atoms with Crippen LogP contribution in [0.15, 0.2) is 52.2 Å². The number of imidazole rings is 1. The van der Waals surface area contributed by atoms with Gasteiger partial charge in [0.15, 0.2) is 11.3 Å². The predicted octanol–water partition coefficient (Wildman–Crippen LogP) is 5.10. The molecule has 212 valence electrons. The number of nitrogens with one attached hydrogen (secondary N) is 2. The summed E-state index contributed by atoms with van der Waals surface area (Å²) in [5.74, 6) is 1.64. The van der Waals surface area contributed by atoms with E-state index in [1.54, 1.807) is 22.7 Å². The second-order valence-corrected chi connectivity index (χ2v) is 12.1. The molecule has 0 amide bonds. The number of aromatic nitrogens is 4. The maximum atomic E-state index is 13.4. The highest BCUT2D eigenvalue weighted by Crippen LogP contribution is 2.34. The molecule has 0 atom stereocenters. The highest BCUT2D eigenvalue weighted by molar-refractivity contribution is 7.92. The van der Waals surface area contributed by atoms with E-state index in [2.05, 4.69) is 9.71 Å². The summed E-state index contributed by atoms with van der Waals surface area (Å²) in [7, 11) is -0.109. The highest BCUT2D eigenvalue weighted by Gasteiger charge is 2.25. The molecule has 0 unspecified atom stereocenters. The number of anilines is 2. The van der Waals surface area contributed by atoms with E-state index in [0.717, 1.165) is 37.2 Å². The van der Waals surface area contributed by atoms with Crippen molar-refractivity contribution in [3.05, 3.63) is 64.3 Å². The summed E-state index contributed by atoms with van der Waals surface area (Å²) in [5, 5.41) is 4.81. The molecule has 10 nitrogen and oxygen atoms in total. The maximum absolute atomic E-state index is 13.4. The van der Waals surface area contributed by atoms with E-state index in [4.69, 9.17) is 14.8 Å². The van der Waals surface area contributed by atoms with Crippen LogP contribution in [0, 0.1) is 6.92 Å². The minimum Gasteiger partial charge on any atom is -0.493 e. The van der Waals surface area contributed by atoms with Gasteiger partial charge in [0.2, 0.25) is 0 Å². The van der Waals surface area contributed by atoms with Gasteiger partial charge in [0.05, 0.1) is 22.8 Å². The molecule has 0 saturated heterocycles. The summed E-state index contributed by atoms with van der Waals surface area (Å²) in [5.41, 5.74) is 2.48. The van der Waals surface area contributed by atoms with Gasteiger partial charge >= 0.3 is 0 Å². The quantitative estimate of drug-likeness (QED) is 0.286. The highest BCUT2D eigenvalue weighted by atomic mass is 32.2. The number of sulfonamides is 1. The molecule has 2 aromatic heterocycles. The summed E-state index contributed by atoms with van der Waals surface area (Å²) < 4.78 is 36.9. The molecule has 2 aromatic carbocycles. The molecule has 0 radical (unpaired) electrons. The molecule has 1 saturated carbocycles. The number of benzene rings is 2. The number of hydrogen-bond donors (Lipinski definition) is 2. The molecule has 0 bridgehead atoms. The van der Waals surface area contributed by atoms with Crippen LogP contribution in [-0.4, -0.2) is 48.7 Å². The van der Waals surface area contributed by atoms with Crippen molar-refractivity contribution in [2.75, 3.05) is 30.3 Å². The Morgan fingerprint density at radius 2 is 1.77 bits per heavy atom. The number of nitrogens with zero attached hydrogens (tertiary/aromatic N) is 4. The molecule has 4 aromatic rings. The first-order valence-electron chi connectivity index (χ1n) is 13.7. The molecule has 1 fully saturated rings. The van der Waals surface area contributed by atoms with Gasteiger partial charge in [0.1, 0.15) is 11.6 Å². The van der Waals surface area contributed by atoms with E-state index in [9.17, 15) is 13.2 Å². The molecule has 2 N–H and O–H groups in total. The normalized spacial score (nSPS) is 14.7. The van der Waals surface area contributed by atoms with Crippen molar-refractivity contribution in [1.82, 2.24) is 19.6 Å². The van der Waals surface area contributed by atoms with Crippen LogP contribution in [0.25, 0.3) is 16.9 Å². The zero-order valence-corrected chi connectivity index (χ0v) is 24.2. The van der Waals surface area contributed by atoms with Crippen molar-refractivity contribution in [1.29, 1.82) is 0 Å². The van der Waals surface area contributed by atoms with E-state index >= 15 is 0 Å². The largest absolute Gasteiger partial charge is 0.493 e. The SMILES string of the molecule is CCOc1ccc(S(=O)(=O)Nc2ccc(N(C)C)cc2)cc1-c1nn2c(C3CCCCCC3)nc(C)c2c(=O)[nH]1. The lowest BCUT2D eigenvalue weighted by Crippen LogP contribution is -2.17. The van der Waals surface area contributed by atoms with Crippen LogP contribution in [-0.2, 0) is 10.0 Å². The van der Waals surface area contributed by atoms with Crippen LogP contribution in [0.2, 0.25) is 0 Å². The lowest BCUT2D eigenvalue weighted by Gasteiger charge is -2.15. The third kappa shape index (κ3) is 5.56. The van der Waals surface area contributed by atoms with Crippen molar-refractivity contribution in [2.45, 2.75) is 63.2 Å². The standard InChI is InChI=1S/C29H36N6O4S/c1-5-39-25-17-16-23(40(37,38)33-21-12-14-22(15-13-21)34(3)4)18-24(25)27-31-29(36)26-19(2)30-28(35(26)32-27)20-10-8-6-7-9-11-20/h12-18,20,33H,5-11H2,1-4H3,(H,31,32,36). The fourth-order valence-electron chi connectivity index (χ4n) is 5.30. The number of aromatic amines is 1. The Hall–Kier alpha value is -3.86. The van der Waals surface area contributed by atoms with Gasteiger partial charge in [0, 0.05) is 31.4 Å². The molecule has 0 aliphatic heterocycles. The Kier molecular flexibility index (Phi) is 7.84. The second-order valence-electron chi connectivity index (χ2n) is 10.4. The van der Waals surface area contributed by atoms with Crippen molar-refractivity contribution in [2.24, 2.45) is 0 Å². The minimum absolute atomic E-state index is 0.0242. The van der Waals surface area contributed by atoms with Gasteiger partial charge in [-0.05, 0) is 69.2 Å². The number of rotatable bonds is 8. The van der Waals surface area contributed by atoms with Gasteiger partial charge in [-0.15, -0.1) is 5.10 Å². The number of fused-ring (bicyclic) bond motifs is 1. The van der Waals surface area contributed by atoms with Gasteiger partial charge < -0.3 is 14.6 Å². The summed E-state index contributed by atoms with van der Waals surface area (Å²) in [6.07, 6.45) is 6.64. The Labute approximate surface area is 234 Å². The topological polar surface area (TPSA) is 122 Å². The van der Waals surface area contributed by atoms with Crippen LogP contribution in [0.3, 0.4) is 0 Å². The molecule has 40 heavy (non-hydrogen) atoms. The average Bonchev–Trinajstić information content (AvgIpc) is 3.08. The van der Waals surface area contributed by atoms with Gasteiger partial charge in [-0.25, -0.2) is 17.9 Å². The Morgan fingerprint density at radius 1 is 1.07 bits per heavy atom. The molecule has 5 rings (SSSR count). The Morgan fingerprint density at radius 3 is 2.42 bits per heavy atom. The van der Waals surface area contributed by atoms with Gasteiger partial charge in [-0.3, -0.25) is 9.52 Å². The Balaban J connectivity index is 1.58. The number of hydrogen-bond acceptors (Lipinski definition) is 7. The third-order valence-corrected chi connectivity index (χ3v) is 8.75. The van der Waals surface area contributed by atoms with E-state index in [1.807, 2.05) is 45.0 Å². The minimum atomic E-state index is -3.94.